The van der Waals surface area contributed by atoms with Gasteiger partial charge in [-0.2, -0.15) is 26.7 Å². The van der Waals surface area contributed by atoms with E-state index >= 15 is 0 Å². The Labute approximate surface area is 246 Å². The molecule has 1 aliphatic rings. The molecule has 2 heterocycles. The zero-order chi connectivity index (χ0) is 31.4. The van der Waals surface area contributed by atoms with Gasteiger partial charge in [-0.25, -0.2) is 9.48 Å². The van der Waals surface area contributed by atoms with E-state index in [9.17, 15) is 31.2 Å². The van der Waals surface area contributed by atoms with Crippen LogP contribution in [0, 0.1) is 0 Å². The number of amides is 1. The van der Waals surface area contributed by atoms with Crippen molar-refractivity contribution < 1.29 is 44.8 Å². The van der Waals surface area contributed by atoms with E-state index in [0.29, 0.717) is 17.7 Å². The molecule has 1 unspecified atom stereocenters. The Hall–Kier alpha value is -3.95. The third-order valence-electron chi connectivity index (χ3n) is 6.64. The molecule has 3 aromatic rings. The second kappa shape index (κ2) is 13.1. The SMILES string of the molecule is COC(=O)c1ccc(C(C)NC(=O)c2c(C(F)(F)F)nn3c2N(Cc2cccc(COCCOS(C)(=O)=O)c2)CC3)cc1. The van der Waals surface area contributed by atoms with Gasteiger partial charge in [-0.15, -0.1) is 0 Å². The van der Waals surface area contributed by atoms with E-state index in [1.54, 1.807) is 42.2 Å². The number of alkyl halides is 3. The van der Waals surface area contributed by atoms with Crippen molar-refractivity contribution in [2.45, 2.75) is 38.8 Å². The van der Waals surface area contributed by atoms with Crippen LogP contribution in [0.3, 0.4) is 0 Å². The van der Waals surface area contributed by atoms with Crippen molar-refractivity contribution in [1.29, 1.82) is 0 Å². The van der Waals surface area contributed by atoms with Crippen LogP contribution < -0.4 is 10.2 Å². The summed E-state index contributed by atoms with van der Waals surface area (Å²) in [6.07, 6.45) is -3.92. The smallest absolute Gasteiger partial charge is 0.436 e. The maximum Gasteiger partial charge on any atom is 0.436 e. The van der Waals surface area contributed by atoms with E-state index in [2.05, 4.69) is 19.3 Å². The predicted molar refractivity (Wildman–Crippen MR) is 149 cm³/mol. The predicted octanol–water partition coefficient (Wildman–Crippen LogP) is 3.69. The number of nitrogens with one attached hydrogen (secondary N) is 1. The van der Waals surface area contributed by atoms with Crippen molar-refractivity contribution in [1.82, 2.24) is 15.1 Å². The zero-order valence-corrected chi connectivity index (χ0v) is 24.5. The summed E-state index contributed by atoms with van der Waals surface area (Å²) in [4.78, 5) is 26.8. The number of hydrogen-bond donors (Lipinski definition) is 1. The lowest BCUT2D eigenvalue weighted by atomic mass is 10.1. The molecule has 1 N–H and O–H groups in total. The molecular weight excluding hydrogens is 593 g/mol. The minimum Gasteiger partial charge on any atom is -0.465 e. The topological polar surface area (TPSA) is 129 Å². The van der Waals surface area contributed by atoms with Crippen LogP contribution in [0.1, 0.15) is 56.1 Å². The van der Waals surface area contributed by atoms with Crippen molar-refractivity contribution in [2.24, 2.45) is 0 Å². The van der Waals surface area contributed by atoms with Gasteiger partial charge in [-0.1, -0.05) is 36.4 Å². The average Bonchev–Trinajstić information content (AvgIpc) is 3.52. The highest BCUT2D eigenvalue weighted by Gasteiger charge is 2.44. The maximum absolute atomic E-state index is 14.0. The molecule has 1 amide bonds. The normalized spacial score (nSPS) is 14.0. The largest absolute Gasteiger partial charge is 0.465 e. The molecule has 1 atom stereocenters. The highest BCUT2D eigenvalue weighted by Crippen LogP contribution is 2.38. The van der Waals surface area contributed by atoms with Gasteiger partial charge in [0.25, 0.3) is 16.0 Å². The van der Waals surface area contributed by atoms with Gasteiger partial charge in [0, 0.05) is 13.1 Å². The molecule has 0 spiro atoms. The molecule has 43 heavy (non-hydrogen) atoms. The molecule has 0 radical (unpaired) electrons. The molecule has 1 aromatic heterocycles. The number of rotatable bonds is 12. The highest BCUT2D eigenvalue weighted by molar-refractivity contribution is 7.85. The van der Waals surface area contributed by atoms with Crippen molar-refractivity contribution in [3.05, 3.63) is 82.0 Å². The quantitative estimate of drug-likeness (QED) is 0.182. The fourth-order valence-corrected chi connectivity index (χ4v) is 5.03. The summed E-state index contributed by atoms with van der Waals surface area (Å²) in [6, 6.07) is 12.7. The number of methoxy groups -OCH3 is 1. The van der Waals surface area contributed by atoms with Gasteiger partial charge in [-0.05, 0) is 35.7 Å². The summed E-state index contributed by atoms with van der Waals surface area (Å²) in [7, 11) is -2.32. The van der Waals surface area contributed by atoms with Crippen LogP contribution >= 0.6 is 0 Å². The first-order chi connectivity index (χ1) is 20.3. The summed E-state index contributed by atoms with van der Waals surface area (Å²) < 4.78 is 80.2. The lowest BCUT2D eigenvalue weighted by molar-refractivity contribution is -0.141. The Morgan fingerprint density at radius 3 is 2.42 bits per heavy atom. The van der Waals surface area contributed by atoms with Crippen LogP contribution in [0.25, 0.3) is 0 Å². The number of esters is 1. The van der Waals surface area contributed by atoms with Gasteiger partial charge < -0.3 is 19.7 Å². The summed E-state index contributed by atoms with van der Waals surface area (Å²) in [5.74, 6) is -1.40. The van der Waals surface area contributed by atoms with E-state index in [4.69, 9.17) is 4.74 Å². The number of anilines is 1. The van der Waals surface area contributed by atoms with Gasteiger partial charge in [0.2, 0.25) is 0 Å². The van der Waals surface area contributed by atoms with Crippen LogP contribution in [0.15, 0.2) is 48.5 Å². The third kappa shape index (κ3) is 8.12. The Morgan fingerprint density at radius 2 is 1.77 bits per heavy atom. The summed E-state index contributed by atoms with van der Waals surface area (Å²) >= 11 is 0. The van der Waals surface area contributed by atoms with Crippen molar-refractivity contribution in [3.63, 3.8) is 0 Å². The average molecular weight is 625 g/mol. The van der Waals surface area contributed by atoms with Crippen LogP contribution in [0.5, 0.6) is 0 Å². The Balaban J connectivity index is 1.51. The maximum atomic E-state index is 14.0. The van der Waals surface area contributed by atoms with Crippen molar-refractivity contribution in [2.75, 3.05) is 38.0 Å². The van der Waals surface area contributed by atoms with Gasteiger partial charge in [-0.3, -0.25) is 8.98 Å². The van der Waals surface area contributed by atoms with E-state index in [-0.39, 0.29) is 38.7 Å². The summed E-state index contributed by atoms with van der Waals surface area (Å²) in [5, 5.41) is 6.39. The molecule has 1 aliphatic heterocycles. The standard InChI is InChI=1S/C28H31F3N4O7S/c1-18(21-7-9-22(10-8-21)27(37)40-2)32-25(36)23-24(28(29,30)31)33-35-12-11-34(26(23)35)16-19-5-4-6-20(15-19)17-41-13-14-42-43(3,38)39/h4-10,15,18H,11-14,16-17H2,1-3H3,(H,32,36). The second-order valence-corrected chi connectivity index (χ2v) is 11.5. The molecule has 0 bridgehead atoms. The molecule has 2 aromatic carbocycles. The third-order valence-corrected chi connectivity index (χ3v) is 7.24. The number of carbonyl (C=O) groups is 2. The summed E-state index contributed by atoms with van der Waals surface area (Å²) in [6.45, 7) is 2.44. The van der Waals surface area contributed by atoms with E-state index < -0.39 is 45.5 Å². The molecule has 0 fully saturated rings. The van der Waals surface area contributed by atoms with Crippen molar-refractivity contribution >= 4 is 27.8 Å². The van der Waals surface area contributed by atoms with E-state index in [0.717, 1.165) is 17.4 Å². The first-order valence-corrected chi connectivity index (χ1v) is 15.0. The number of aromatic nitrogens is 2. The molecule has 0 saturated carbocycles. The molecule has 0 saturated heterocycles. The lowest BCUT2D eigenvalue weighted by Gasteiger charge is -2.21. The van der Waals surface area contributed by atoms with E-state index in [1.807, 2.05) is 6.07 Å². The number of halogens is 3. The Bertz CT molecular complexity index is 1570. The molecular formula is C28H31F3N4O7S. The van der Waals surface area contributed by atoms with Gasteiger partial charge >= 0.3 is 12.1 Å². The van der Waals surface area contributed by atoms with Crippen molar-refractivity contribution in [3.8, 4) is 0 Å². The number of benzene rings is 2. The Kier molecular flexibility index (Phi) is 9.77. The number of hydrogen-bond acceptors (Lipinski definition) is 9. The van der Waals surface area contributed by atoms with Gasteiger partial charge in [0.05, 0.1) is 51.3 Å². The first kappa shape index (κ1) is 32.0. The summed E-state index contributed by atoms with van der Waals surface area (Å²) in [5.41, 5.74) is 0.584. The number of nitrogens with zero attached hydrogens (tertiary/aromatic N) is 3. The molecule has 11 nitrogen and oxygen atoms in total. The monoisotopic (exact) mass is 624 g/mol. The Morgan fingerprint density at radius 1 is 1.07 bits per heavy atom. The first-order valence-electron chi connectivity index (χ1n) is 13.2. The van der Waals surface area contributed by atoms with Crippen LogP contribution in [0.4, 0.5) is 19.0 Å². The van der Waals surface area contributed by atoms with Crippen LogP contribution in [-0.4, -0.2) is 63.2 Å². The van der Waals surface area contributed by atoms with E-state index in [1.165, 1.54) is 23.9 Å². The number of fused-ring (bicyclic) bond motifs is 1. The minimum atomic E-state index is -4.86. The zero-order valence-electron chi connectivity index (χ0n) is 23.7. The second-order valence-electron chi connectivity index (χ2n) is 9.90. The molecule has 4 rings (SSSR count). The fraction of sp³-hybridized carbons (Fsp3) is 0.393. The van der Waals surface area contributed by atoms with Gasteiger partial charge in [0.1, 0.15) is 11.4 Å². The number of ether oxygens (including phenoxy) is 2. The van der Waals surface area contributed by atoms with Crippen LogP contribution in [-0.2, 0) is 49.6 Å². The van der Waals surface area contributed by atoms with Gasteiger partial charge in [0.15, 0.2) is 5.69 Å². The molecule has 0 aliphatic carbocycles. The van der Waals surface area contributed by atoms with Crippen LogP contribution in [0.2, 0.25) is 0 Å². The fourth-order valence-electron chi connectivity index (χ4n) is 4.66. The minimum absolute atomic E-state index is 0.0507. The highest BCUT2D eigenvalue weighted by atomic mass is 32.2. The molecule has 15 heteroatoms. The lowest BCUT2D eigenvalue weighted by Crippen LogP contribution is -2.31. The number of carbonyl (C=O) groups excluding carboxylic acids is 2. The molecule has 232 valence electrons.